The lowest BCUT2D eigenvalue weighted by Gasteiger charge is -2.52. The Kier molecular flexibility index (Phi) is 5.95. The summed E-state index contributed by atoms with van der Waals surface area (Å²) in [6, 6.07) is 19.1. The van der Waals surface area contributed by atoms with Gasteiger partial charge >= 0.3 is 14.5 Å². The zero-order chi connectivity index (χ0) is 22.9. The van der Waals surface area contributed by atoms with E-state index in [1.165, 1.54) is 38.5 Å². The lowest BCUT2D eigenvalue weighted by molar-refractivity contribution is 0.112. The van der Waals surface area contributed by atoms with Crippen LogP contribution in [0.3, 0.4) is 0 Å². The molecule has 1 aliphatic heterocycles. The fourth-order valence-corrected chi connectivity index (χ4v) is 10.7. The molecule has 0 unspecified atom stereocenters. The minimum Gasteiger partial charge on any atom is -0.497 e. The molecule has 0 N–H and O–H groups in total. The summed E-state index contributed by atoms with van der Waals surface area (Å²) < 4.78 is 46.3. The second kappa shape index (κ2) is 8.55. The molecular formula is C21H19ClN2O6P2. The molecule has 1 fully saturated rings. The van der Waals surface area contributed by atoms with E-state index in [0.29, 0.717) is 34.7 Å². The van der Waals surface area contributed by atoms with Crippen molar-refractivity contribution in [1.29, 1.82) is 0 Å². The van der Waals surface area contributed by atoms with Gasteiger partial charge in [0.1, 0.15) is 23.5 Å². The SMILES string of the molecule is COc1ccc(N2P(=O)(Cl)N(c3ccc(OC)cc3)P2(=O)Oc2ccc(C=O)cc2)cc1. The van der Waals surface area contributed by atoms with E-state index in [4.69, 9.17) is 25.2 Å². The van der Waals surface area contributed by atoms with Gasteiger partial charge in [0.25, 0.3) is 0 Å². The number of benzene rings is 3. The number of nitrogens with zero attached hydrogens (tertiary/aromatic N) is 2. The number of rotatable bonds is 7. The van der Waals surface area contributed by atoms with Crippen molar-refractivity contribution >= 4 is 43.4 Å². The van der Waals surface area contributed by atoms with Crippen LogP contribution in [-0.2, 0) is 9.13 Å². The number of hydrogen-bond donors (Lipinski definition) is 0. The molecule has 0 radical (unpaired) electrons. The first-order valence-corrected chi connectivity index (χ1v) is 13.4. The van der Waals surface area contributed by atoms with Crippen LogP contribution in [0.2, 0.25) is 0 Å². The van der Waals surface area contributed by atoms with Gasteiger partial charge in [-0.1, -0.05) is 0 Å². The van der Waals surface area contributed by atoms with E-state index in [0.717, 1.165) is 8.88 Å². The Morgan fingerprint density at radius 3 is 1.50 bits per heavy atom. The lowest BCUT2D eigenvalue weighted by Crippen LogP contribution is -2.43. The molecule has 0 saturated carbocycles. The maximum Gasteiger partial charge on any atom is 0.464 e. The fourth-order valence-electron chi connectivity index (χ4n) is 3.24. The molecule has 4 rings (SSSR count). The second-order valence-corrected chi connectivity index (χ2v) is 12.4. The normalized spacial score (nSPS) is 22.1. The predicted octanol–water partition coefficient (Wildman–Crippen LogP) is 6.38. The number of halogens is 1. The molecule has 3 aromatic carbocycles. The average Bonchev–Trinajstić information content (AvgIpc) is 2.80. The molecule has 1 saturated heterocycles. The molecule has 166 valence electrons. The molecule has 0 spiro atoms. The molecule has 3 aromatic rings. The molecule has 32 heavy (non-hydrogen) atoms. The van der Waals surface area contributed by atoms with Crippen molar-refractivity contribution in [3.63, 3.8) is 0 Å². The Balaban J connectivity index is 1.79. The fraction of sp³-hybridized carbons (Fsp3) is 0.0952. The molecule has 0 bridgehead atoms. The molecule has 0 atom stereocenters. The number of carbonyl (C=O) groups excluding carboxylic acids is 1. The number of anilines is 2. The van der Waals surface area contributed by atoms with Crippen molar-refractivity contribution in [1.82, 2.24) is 0 Å². The van der Waals surface area contributed by atoms with Gasteiger partial charge in [-0.05, 0) is 84.0 Å². The molecule has 1 aliphatic rings. The van der Waals surface area contributed by atoms with Crippen molar-refractivity contribution in [2.24, 2.45) is 0 Å². The summed E-state index contributed by atoms with van der Waals surface area (Å²) in [5.74, 6) is 1.38. The van der Waals surface area contributed by atoms with Crippen LogP contribution in [0, 0.1) is 0 Å². The Hall–Kier alpha value is -2.92. The molecular weight excluding hydrogens is 474 g/mol. The molecule has 1 heterocycles. The third-order valence-corrected chi connectivity index (χ3v) is 12.4. The van der Waals surface area contributed by atoms with Crippen molar-refractivity contribution < 1.29 is 27.9 Å². The van der Waals surface area contributed by atoms with Gasteiger partial charge in [0.2, 0.25) is 0 Å². The number of methoxy groups -OCH3 is 2. The van der Waals surface area contributed by atoms with E-state index in [-0.39, 0.29) is 5.75 Å². The maximum atomic E-state index is 14.2. The third kappa shape index (κ3) is 3.75. The molecule has 8 nitrogen and oxygen atoms in total. The van der Waals surface area contributed by atoms with Gasteiger partial charge in [0.15, 0.2) is 0 Å². The Morgan fingerprint density at radius 1 is 0.719 bits per heavy atom. The molecule has 0 aliphatic carbocycles. The van der Waals surface area contributed by atoms with Gasteiger partial charge in [0, 0.05) is 5.56 Å². The molecule has 0 amide bonds. The highest BCUT2D eigenvalue weighted by Gasteiger charge is 2.67. The smallest absolute Gasteiger partial charge is 0.464 e. The highest BCUT2D eigenvalue weighted by atomic mass is 35.7. The highest BCUT2D eigenvalue weighted by molar-refractivity contribution is 8.11. The molecule has 11 heteroatoms. The first-order chi connectivity index (χ1) is 15.3. The first kappa shape index (κ1) is 22.3. The standard InChI is InChI=1S/C21H19ClN2O6P2/c1-28-19-11-5-17(6-12-19)23-31(22,26)24(18-7-13-20(29-2)14-8-18)32(23,27)30-21-9-3-16(15-25)4-10-21/h3-15H,1-2H3. The van der Waals surface area contributed by atoms with E-state index in [1.54, 1.807) is 48.5 Å². The van der Waals surface area contributed by atoms with E-state index >= 15 is 0 Å². The van der Waals surface area contributed by atoms with E-state index in [1.807, 2.05) is 0 Å². The van der Waals surface area contributed by atoms with Gasteiger partial charge in [-0.15, -0.1) is 0 Å². The van der Waals surface area contributed by atoms with Crippen LogP contribution in [0.4, 0.5) is 11.4 Å². The Morgan fingerprint density at radius 2 is 1.12 bits per heavy atom. The quantitative estimate of drug-likeness (QED) is 0.277. The minimum atomic E-state index is -3.97. The zero-order valence-corrected chi connectivity index (χ0v) is 19.7. The van der Waals surface area contributed by atoms with Crippen LogP contribution < -0.4 is 22.9 Å². The minimum absolute atomic E-state index is 0.229. The van der Waals surface area contributed by atoms with E-state index < -0.39 is 14.5 Å². The average molecular weight is 493 g/mol. The second-order valence-electron chi connectivity index (χ2n) is 6.72. The zero-order valence-electron chi connectivity index (χ0n) is 17.1. The Labute approximate surface area is 190 Å². The topological polar surface area (TPSA) is 85.4 Å². The molecule has 0 aromatic heterocycles. The van der Waals surface area contributed by atoms with Crippen LogP contribution in [0.25, 0.3) is 0 Å². The first-order valence-electron chi connectivity index (χ1n) is 9.38. The van der Waals surface area contributed by atoms with E-state index in [2.05, 4.69) is 0 Å². The maximum absolute atomic E-state index is 14.2. The Bertz CT molecular complexity index is 1160. The van der Waals surface area contributed by atoms with E-state index in [9.17, 15) is 13.9 Å². The van der Waals surface area contributed by atoms with Gasteiger partial charge < -0.3 is 14.0 Å². The van der Waals surface area contributed by atoms with Gasteiger partial charge in [0.05, 0.1) is 25.6 Å². The van der Waals surface area contributed by atoms with Crippen molar-refractivity contribution in [2.45, 2.75) is 0 Å². The largest absolute Gasteiger partial charge is 0.497 e. The summed E-state index contributed by atoms with van der Waals surface area (Å²) in [6.07, 6.45) is 0.690. The predicted molar refractivity (Wildman–Crippen MR) is 124 cm³/mol. The summed E-state index contributed by atoms with van der Waals surface area (Å²) >= 11 is 6.50. The summed E-state index contributed by atoms with van der Waals surface area (Å²) in [4.78, 5) is 10.9. The van der Waals surface area contributed by atoms with Crippen molar-refractivity contribution in [2.75, 3.05) is 23.1 Å². The number of carbonyl (C=O) groups is 1. The van der Waals surface area contributed by atoms with Crippen LogP contribution in [0.5, 0.6) is 17.2 Å². The van der Waals surface area contributed by atoms with Crippen LogP contribution in [0.1, 0.15) is 10.4 Å². The third-order valence-electron chi connectivity index (χ3n) is 4.79. The summed E-state index contributed by atoms with van der Waals surface area (Å²) in [6.45, 7) is -3.84. The summed E-state index contributed by atoms with van der Waals surface area (Å²) in [5.41, 5.74) is 1.13. The lowest BCUT2D eigenvalue weighted by atomic mass is 10.2. The van der Waals surface area contributed by atoms with Gasteiger partial charge in [-0.2, -0.15) is 8.88 Å². The number of ether oxygens (including phenoxy) is 2. The van der Waals surface area contributed by atoms with Crippen LogP contribution in [-0.4, -0.2) is 20.5 Å². The van der Waals surface area contributed by atoms with Crippen molar-refractivity contribution in [3.05, 3.63) is 78.4 Å². The highest BCUT2D eigenvalue weighted by Crippen LogP contribution is 2.89. The number of hydrogen-bond acceptors (Lipinski definition) is 6. The van der Waals surface area contributed by atoms with Gasteiger partial charge in [-0.3, -0.25) is 9.36 Å². The number of aldehydes is 1. The summed E-state index contributed by atoms with van der Waals surface area (Å²) in [5, 5.41) is 0. The monoisotopic (exact) mass is 492 g/mol. The van der Waals surface area contributed by atoms with Gasteiger partial charge in [-0.25, -0.2) is 4.57 Å². The summed E-state index contributed by atoms with van der Waals surface area (Å²) in [7, 11) is -0.927. The van der Waals surface area contributed by atoms with Crippen LogP contribution in [0.15, 0.2) is 72.8 Å². The van der Waals surface area contributed by atoms with Crippen LogP contribution >= 0.6 is 25.7 Å². The van der Waals surface area contributed by atoms with Crippen molar-refractivity contribution in [3.8, 4) is 17.2 Å².